The van der Waals surface area contributed by atoms with E-state index in [1.54, 1.807) is 31.4 Å². The number of amides is 2. The molecule has 2 aromatic carbocycles. The molecule has 2 amide bonds. The van der Waals surface area contributed by atoms with Crippen LogP contribution in [0, 0.1) is 0 Å². The third-order valence-electron chi connectivity index (χ3n) is 4.04. The van der Waals surface area contributed by atoms with Crippen molar-refractivity contribution in [3.63, 3.8) is 0 Å². The highest BCUT2D eigenvalue weighted by Crippen LogP contribution is 2.18. The molecule has 156 valence electrons. The van der Waals surface area contributed by atoms with Gasteiger partial charge in [0.1, 0.15) is 11.5 Å². The van der Waals surface area contributed by atoms with Gasteiger partial charge in [-0.15, -0.1) is 0 Å². The van der Waals surface area contributed by atoms with Crippen molar-refractivity contribution in [2.45, 2.75) is 13.5 Å². The Hall–Kier alpha value is -3.20. The molecule has 3 N–H and O–H groups in total. The lowest BCUT2D eigenvalue weighted by Crippen LogP contribution is -3.13. The average molecular weight is 408 g/mol. The minimum Gasteiger partial charge on any atom is -0.497 e. The predicted molar refractivity (Wildman–Crippen MR) is 105 cm³/mol. The molecule has 0 aliphatic heterocycles. The first-order valence-corrected chi connectivity index (χ1v) is 9.01. The number of alkyl halides is 2. The van der Waals surface area contributed by atoms with Crippen LogP contribution in [0.3, 0.4) is 0 Å². The lowest BCUT2D eigenvalue weighted by molar-refractivity contribution is -0.881. The third-order valence-corrected chi connectivity index (χ3v) is 4.04. The van der Waals surface area contributed by atoms with Crippen molar-refractivity contribution in [1.29, 1.82) is 0 Å². The van der Waals surface area contributed by atoms with E-state index in [-0.39, 0.29) is 30.7 Å². The molecule has 0 bridgehead atoms. The third kappa shape index (κ3) is 7.74. The number of carbonyl (C=O) groups is 2. The number of rotatable bonds is 10. The number of hydrogen-bond donors (Lipinski definition) is 3. The summed E-state index contributed by atoms with van der Waals surface area (Å²) in [5, 5.41) is 5.45. The zero-order valence-electron chi connectivity index (χ0n) is 16.2. The van der Waals surface area contributed by atoms with Crippen molar-refractivity contribution >= 4 is 23.2 Å². The van der Waals surface area contributed by atoms with Crippen molar-refractivity contribution in [3.8, 4) is 11.5 Å². The van der Waals surface area contributed by atoms with Crippen LogP contribution < -0.4 is 25.0 Å². The molecule has 9 heteroatoms. The number of quaternary nitrogens is 1. The Bertz CT molecular complexity index is 816. The van der Waals surface area contributed by atoms with E-state index < -0.39 is 6.61 Å². The number of methoxy groups -OCH3 is 1. The topological polar surface area (TPSA) is 81.1 Å². The van der Waals surface area contributed by atoms with Crippen LogP contribution in [-0.2, 0) is 9.59 Å². The largest absolute Gasteiger partial charge is 0.497 e. The van der Waals surface area contributed by atoms with Crippen LogP contribution in [0.25, 0.3) is 0 Å². The first-order valence-electron chi connectivity index (χ1n) is 9.01. The van der Waals surface area contributed by atoms with Crippen molar-refractivity contribution < 1.29 is 32.7 Å². The summed E-state index contributed by atoms with van der Waals surface area (Å²) in [5.41, 5.74) is 1.06. The Morgan fingerprint density at radius 3 is 2.14 bits per heavy atom. The van der Waals surface area contributed by atoms with Gasteiger partial charge in [-0.3, -0.25) is 9.59 Å². The van der Waals surface area contributed by atoms with Crippen molar-refractivity contribution in [3.05, 3.63) is 48.5 Å². The second kappa shape index (κ2) is 11.0. The molecule has 1 atom stereocenters. The molecule has 0 saturated carbocycles. The van der Waals surface area contributed by atoms with Gasteiger partial charge < -0.3 is 25.0 Å². The molecule has 0 heterocycles. The smallest absolute Gasteiger partial charge is 0.387 e. The fraction of sp³-hybridized carbons (Fsp3) is 0.300. The van der Waals surface area contributed by atoms with Crippen molar-refractivity contribution in [2.75, 3.05) is 37.4 Å². The van der Waals surface area contributed by atoms with Gasteiger partial charge in [-0.1, -0.05) is 6.07 Å². The number of nitrogens with one attached hydrogen (secondary N) is 3. The molecule has 29 heavy (non-hydrogen) atoms. The number of benzene rings is 2. The van der Waals surface area contributed by atoms with Crippen LogP contribution in [0.2, 0.25) is 0 Å². The Labute approximate surface area is 167 Å². The Kier molecular flexibility index (Phi) is 8.35. The lowest BCUT2D eigenvalue weighted by Gasteiger charge is -2.17. The van der Waals surface area contributed by atoms with Crippen LogP contribution >= 0.6 is 0 Å². The predicted octanol–water partition coefficient (Wildman–Crippen LogP) is 1.78. The van der Waals surface area contributed by atoms with E-state index in [1.807, 2.05) is 6.92 Å². The van der Waals surface area contributed by atoms with E-state index in [4.69, 9.17) is 4.74 Å². The number of carbonyl (C=O) groups excluding carboxylic acids is 2. The summed E-state index contributed by atoms with van der Waals surface area (Å²) in [6, 6.07) is 12.6. The summed E-state index contributed by atoms with van der Waals surface area (Å²) in [4.78, 5) is 25.3. The summed E-state index contributed by atoms with van der Waals surface area (Å²) in [5.74, 6) is 0.120. The number of halogens is 2. The lowest BCUT2D eigenvalue weighted by atomic mass is 10.3. The molecule has 0 aromatic heterocycles. The van der Waals surface area contributed by atoms with Gasteiger partial charge in [-0.25, -0.2) is 0 Å². The maximum Gasteiger partial charge on any atom is 0.387 e. The zero-order valence-corrected chi connectivity index (χ0v) is 16.2. The molecule has 0 spiro atoms. The highest BCUT2D eigenvalue weighted by atomic mass is 19.3. The second-order valence-electron chi connectivity index (χ2n) is 6.19. The van der Waals surface area contributed by atoms with Crippen molar-refractivity contribution in [2.24, 2.45) is 0 Å². The highest BCUT2D eigenvalue weighted by molar-refractivity contribution is 5.93. The first-order chi connectivity index (χ1) is 13.9. The van der Waals surface area contributed by atoms with Gasteiger partial charge in [-0.2, -0.15) is 8.78 Å². The van der Waals surface area contributed by atoms with E-state index in [0.717, 1.165) is 4.90 Å². The maximum absolute atomic E-state index is 12.3. The van der Waals surface area contributed by atoms with Gasteiger partial charge in [0.05, 0.1) is 13.7 Å². The van der Waals surface area contributed by atoms with Crippen LogP contribution in [0.4, 0.5) is 20.2 Å². The molecule has 7 nitrogen and oxygen atoms in total. The molecule has 0 saturated heterocycles. The molecule has 2 aromatic rings. The van der Waals surface area contributed by atoms with Crippen LogP contribution in [0.1, 0.15) is 6.92 Å². The molecule has 2 rings (SSSR count). The van der Waals surface area contributed by atoms with Gasteiger partial charge in [0, 0.05) is 17.4 Å². The second-order valence-corrected chi connectivity index (χ2v) is 6.19. The SMILES string of the molecule is CC[NH+](CC(=O)Nc1ccc(OC(F)F)cc1)CC(=O)Nc1cccc(OC)c1. The van der Waals surface area contributed by atoms with Crippen LogP contribution in [-0.4, -0.2) is 45.2 Å². The maximum atomic E-state index is 12.3. The van der Waals surface area contributed by atoms with Gasteiger partial charge in [0.15, 0.2) is 13.1 Å². The van der Waals surface area contributed by atoms with E-state index in [9.17, 15) is 18.4 Å². The van der Waals surface area contributed by atoms with Gasteiger partial charge >= 0.3 is 6.61 Å². The van der Waals surface area contributed by atoms with Gasteiger partial charge in [0.2, 0.25) is 0 Å². The molecular weight excluding hydrogens is 384 g/mol. The molecule has 0 radical (unpaired) electrons. The Morgan fingerprint density at radius 2 is 1.59 bits per heavy atom. The Morgan fingerprint density at radius 1 is 0.966 bits per heavy atom. The number of hydrogen-bond acceptors (Lipinski definition) is 4. The summed E-state index contributed by atoms with van der Waals surface area (Å²) in [7, 11) is 1.54. The minimum atomic E-state index is -2.90. The fourth-order valence-corrected chi connectivity index (χ4v) is 2.60. The monoisotopic (exact) mass is 408 g/mol. The number of anilines is 2. The summed E-state index contributed by atoms with van der Waals surface area (Å²) in [6.07, 6.45) is 0. The number of likely N-dealkylation sites (N-methyl/N-ethyl adjacent to an activating group) is 1. The molecule has 0 fully saturated rings. The molecule has 0 aliphatic carbocycles. The number of ether oxygens (including phenoxy) is 2. The van der Waals surface area contributed by atoms with E-state index in [0.29, 0.717) is 23.7 Å². The van der Waals surface area contributed by atoms with Crippen LogP contribution in [0.5, 0.6) is 11.5 Å². The van der Waals surface area contributed by atoms with Crippen molar-refractivity contribution in [1.82, 2.24) is 0 Å². The van der Waals surface area contributed by atoms with Crippen LogP contribution in [0.15, 0.2) is 48.5 Å². The quantitative estimate of drug-likeness (QED) is 0.560. The first kappa shape index (κ1) is 22.1. The molecular formula is C20H24F2N3O4+. The minimum absolute atomic E-state index is 0.00743. The Balaban J connectivity index is 1.84. The molecule has 1 unspecified atom stereocenters. The highest BCUT2D eigenvalue weighted by Gasteiger charge is 2.17. The molecule has 0 aliphatic rings. The standard InChI is InChI=1S/C20H23F2N3O4/c1-3-25(13-19(27)24-15-5-4-6-17(11-15)28-2)12-18(26)23-14-7-9-16(10-8-14)29-20(21)22/h4-11,20H,3,12-13H2,1-2H3,(H,23,26)(H,24,27)/p+1. The van der Waals surface area contributed by atoms with Gasteiger partial charge in [0.25, 0.3) is 11.8 Å². The van der Waals surface area contributed by atoms with E-state index >= 15 is 0 Å². The summed E-state index contributed by atoms with van der Waals surface area (Å²) < 4.78 is 33.7. The fourth-order valence-electron chi connectivity index (χ4n) is 2.60. The normalized spacial score (nSPS) is 11.6. The van der Waals surface area contributed by atoms with E-state index in [1.165, 1.54) is 24.3 Å². The average Bonchev–Trinajstić information content (AvgIpc) is 2.68. The zero-order chi connectivity index (χ0) is 21.2. The summed E-state index contributed by atoms with van der Waals surface area (Å²) >= 11 is 0. The van der Waals surface area contributed by atoms with Gasteiger partial charge in [-0.05, 0) is 43.3 Å². The van der Waals surface area contributed by atoms with E-state index in [2.05, 4.69) is 15.4 Å². The summed E-state index contributed by atoms with van der Waals surface area (Å²) in [6.45, 7) is -0.266.